The normalized spacial score (nSPS) is 23.0. The van der Waals surface area contributed by atoms with Crippen molar-refractivity contribution < 1.29 is 9.52 Å². The molecule has 0 spiro atoms. The number of likely N-dealkylation sites (tertiary alicyclic amines) is 1. The third-order valence-corrected chi connectivity index (χ3v) is 3.92. The highest BCUT2D eigenvalue weighted by Crippen LogP contribution is 2.19. The van der Waals surface area contributed by atoms with Gasteiger partial charge in [-0.3, -0.25) is 4.99 Å². The van der Waals surface area contributed by atoms with Gasteiger partial charge in [-0.15, -0.1) is 0 Å². The number of furan rings is 1. The van der Waals surface area contributed by atoms with Gasteiger partial charge < -0.3 is 25.1 Å². The topological polar surface area (TPSA) is 73.0 Å². The zero-order chi connectivity index (χ0) is 15.3. The van der Waals surface area contributed by atoms with Crippen molar-refractivity contribution in [3.05, 3.63) is 24.2 Å². The molecule has 1 fully saturated rings. The Hall–Kier alpha value is -1.53. The maximum Gasteiger partial charge on any atom is 0.191 e. The van der Waals surface area contributed by atoms with E-state index in [9.17, 15) is 5.11 Å². The summed E-state index contributed by atoms with van der Waals surface area (Å²) in [5.74, 6) is 1.90. The highest BCUT2D eigenvalue weighted by Gasteiger charge is 2.26. The van der Waals surface area contributed by atoms with E-state index in [1.54, 1.807) is 32.4 Å². The molecule has 0 aliphatic carbocycles. The molecular formula is C15H26N4O2. The molecule has 1 aromatic rings. The number of rotatable bonds is 5. The first kappa shape index (κ1) is 15.9. The van der Waals surface area contributed by atoms with E-state index in [0.717, 1.165) is 19.6 Å². The summed E-state index contributed by atoms with van der Waals surface area (Å²) in [4.78, 5) is 6.53. The van der Waals surface area contributed by atoms with Gasteiger partial charge in [-0.25, -0.2) is 0 Å². The van der Waals surface area contributed by atoms with Crippen LogP contribution in [0.15, 0.2) is 27.8 Å². The van der Waals surface area contributed by atoms with E-state index in [-0.39, 0.29) is 0 Å². The summed E-state index contributed by atoms with van der Waals surface area (Å²) in [5, 5.41) is 16.9. The van der Waals surface area contributed by atoms with Crippen LogP contribution >= 0.6 is 0 Å². The van der Waals surface area contributed by atoms with E-state index in [2.05, 4.69) is 27.6 Å². The van der Waals surface area contributed by atoms with E-state index >= 15 is 0 Å². The van der Waals surface area contributed by atoms with Gasteiger partial charge in [0.05, 0.1) is 12.8 Å². The van der Waals surface area contributed by atoms with Crippen LogP contribution in [0.2, 0.25) is 0 Å². The van der Waals surface area contributed by atoms with Crippen molar-refractivity contribution >= 4 is 5.96 Å². The molecule has 118 valence electrons. The summed E-state index contributed by atoms with van der Waals surface area (Å²) >= 11 is 0. The lowest BCUT2D eigenvalue weighted by molar-refractivity contribution is 0.0386. The van der Waals surface area contributed by atoms with Gasteiger partial charge in [-0.05, 0) is 45.0 Å². The zero-order valence-electron chi connectivity index (χ0n) is 13.1. The van der Waals surface area contributed by atoms with Crippen molar-refractivity contribution in [3.8, 4) is 0 Å². The van der Waals surface area contributed by atoms with Crippen LogP contribution in [0.25, 0.3) is 0 Å². The molecule has 2 heterocycles. The predicted molar refractivity (Wildman–Crippen MR) is 83.2 cm³/mol. The van der Waals surface area contributed by atoms with Crippen molar-refractivity contribution in [2.45, 2.75) is 18.9 Å². The second kappa shape index (κ2) is 6.95. The minimum Gasteiger partial charge on any atom is -0.466 e. The third-order valence-electron chi connectivity index (χ3n) is 3.92. The number of nitrogens with zero attached hydrogens (tertiary/aromatic N) is 2. The predicted octanol–water partition coefficient (Wildman–Crippen LogP) is 0.604. The molecule has 0 amide bonds. The molecule has 3 N–H and O–H groups in total. The van der Waals surface area contributed by atoms with Crippen LogP contribution in [-0.2, 0) is 5.60 Å². The number of aliphatic hydroxyl groups is 1. The molecule has 1 aliphatic rings. The van der Waals surface area contributed by atoms with Crippen LogP contribution in [0.4, 0.5) is 0 Å². The summed E-state index contributed by atoms with van der Waals surface area (Å²) < 4.78 is 5.26. The Labute approximate surface area is 126 Å². The smallest absolute Gasteiger partial charge is 0.191 e. The van der Waals surface area contributed by atoms with Crippen molar-refractivity contribution in [1.29, 1.82) is 0 Å². The molecule has 6 nitrogen and oxygen atoms in total. The minimum atomic E-state index is -1.06. The van der Waals surface area contributed by atoms with Crippen LogP contribution in [0.5, 0.6) is 0 Å². The van der Waals surface area contributed by atoms with Gasteiger partial charge in [0.15, 0.2) is 5.96 Å². The Kier molecular flexibility index (Phi) is 5.25. The van der Waals surface area contributed by atoms with Crippen molar-refractivity contribution in [1.82, 2.24) is 15.5 Å². The number of guanidine groups is 1. The average molecular weight is 294 g/mol. The van der Waals surface area contributed by atoms with Crippen LogP contribution in [0, 0.1) is 5.92 Å². The Bertz CT molecular complexity index is 456. The fourth-order valence-electron chi connectivity index (χ4n) is 2.58. The largest absolute Gasteiger partial charge is 0.466 e. The zero-order valence-corrected chi connectivity index (χ0v) is 13.1. The van der Waals surface area contributed by atoms with Crippen molar-refractivity contribution in [3.63, 3.8) is 0 Å². The van der Waals surface area contributed by atoms with Gasteiger partial charge in [-0.1, -0.05) is 0 Å². The number of hydrogen-bond donors (Lipinski definition) is 3. The molecule has 2 rings (SSSR count). The molecule has 21 heavy (non-hydrogen) atoms. The highest BCUT2D eigenvalue weighted by atomic mass is 16.4. The monoisotopic (exact) mass is 294 g/mol. The van der Waals surface area contributed by atoms with E-state index in [1.165, 1.54) is 6.42 Å². The van der Waals surface area contributed by atoms with Crippen LogP contribution < -0.4 is 10.6 Å². The summed E-state index contributed by atoms with van der Waals surface area (Å²) in [7, 11) is 3.88. The molecule has 0 aromatic carbocycles. The van der Waals surface area contributed by atoms with Gasteiger partial charge in [0.2, 0.25) is 0 Å². The molecule has 6 heteroatoms. The first-order chi connectivity index (χ1) is 10.0. The maximum atomic E-state index is 10.4. The van der Waals surface area contributed by atoms with Crippen molar-refractivity contribution in [2.24, 2.45) is 10.9 Å². The lowest BCUT2D eigenvalue weighted by atomic mass is 10.0. The van der Waals surface area contributed by atoms with Crippen LogP contribution in [-0.4, -0.2) is 56.2 Å². The molecule has 2 unspecified atom stereocenters. The SMILES string of the molecule is CN=C(NCC1CCN(C)C1)NCC(C)(O)c1ccco1. The Morgan fingerprint density at radius 3 is 2.95 bits per heavy atom. The summed E-state index contributed by atoms with van der Waals surface area (Å²) in [5.41, 5.74) is -1.06. The molecule has 0 radical (unpaired) electrons. The lowest BCUT2D eigenvalue weighted by Gasteiger charge is -2.23. The van der Waals surface area contributed by atoms with Gasteiger partial charge in [0, 0.05) is 20.1 Å². The second-order valence-electron chi connectivity index (χ2n) is 5.97. The number of nitrogens with one attached hydrogen (secondary N) is 2. The average Bonchev–Trinajstić information content (AvgIpc) is 3.10. The van der Waals surface area contributed by atoms with Crippen LogP contribution in [0.1, 0.15) is 19.1 Å². The fourth-order valence-corrected chi connectivity index (χ4v) is 2.58. The number of hydrogen-bond acceptors (Lipinski definition) is 4. The van der Waals surface area contributed by atoms with E-state index in [4.69, 9.17) is 4.42 Å². The van der Waals surface area contributed by atoms with Gasteiger partial charge in [0.25, 0.3) is 0 Å². The van der Waals surface area contributed by atoms with E-state index < -0.39 is 5.60 Å². The standard InChI is InChI=1S/C15H26N4O2/c1-15(20,13-5-4-8-21-13)11-18-14(16-2)17-9-12-6-7-19(3)10-12/h4-5,8,12,20H,6-7,9-11H2,1-3H3,(H2,16,17,18). The maximum absolute atomic E-state index is 10.4. The molecule has 1 saturated heterocycles. The fraction of sp³-hybridized carbons (Fsp3) is 0.667. The quantitative estimate of drug-likeness (QED) is 0.548. The Morgan fingerprint density at radius 1 is 1.57 bits per heavy atom. The van der Waals surface area contributed by atoms with E-state index in [1.807, 2.05) is 0 Å². The van der Waals surface area contributed by atoms with Gasteiger partial charge in [-0.2, -0.15) is 0 Å². The molecule has 0 bridgehead atoms. The summed E-state index contributed by atoms with van der Waals surface area (Å²) in [6.45, 7) is 5.23. The van der Waals surface area contributed by atoms with Gasteiger partial charge >= 0.3 is 0 Å². The first-order valence-corrected chi connectivity index (χ1v) is 7.40. The van der Waals surface area contributed by atoms with E-state index in [0.29, 0.717) is 24.2 Å². The second-order valence-corrected chi connectivity index (χ2v) is 5.97. The molecule has 1 aromatic heterocycles. The Morgan fingerprint density at radius 2 is 2.38 bits per heavy atom. The Balaban J connectivity index is 1.77. The molecule has 1 aliphatic heterocycles. The molecular weight excluding hydrogens is 268 g/mol. The molecule has 2 atom stereocenters. The third kappa shape index (κ3) is 4.47. The van der Waals surface area contributed by atoms with Crippen LogP contribution in [0.3, 0.4) is 0 Å². The summed E-state index contributed by atoms with van der Waals surface area (Å²) in [6, 6.07) is 3.54. The first-order valence-electron chi connectivity index (χ1n) is 7.40. The van der Waals surface area contributed by atoms with Gasteiger partial charge in [0.1, 0.15) is 11.4 Å². The molecule has 0 saturated carbocycles. The minimum absolute atomic E-state index is 0.338. The number of aliphatic imine (C=N–C) groups is 1. The lowest BCUT2D eigenvalue weighted by Crippen LogP contribution is -2.45. The highest BCUT2D eigenvalue weighted by molar-refractivity contribution is 5.79. The summed E-state index contributed by atoms with van der Waals surface area (Å²) in [6.07, 6.45) is 2.78. The van der Waals surface area contributed by atoms with Crippen molar-refractivity contribution in [2.75, 3.05) is 40.3 Å².